The number of carbonyl (C=O) groups excluding carboxylic acids is 3. The zero-order valence-electron chi connectivity index (χ0n) is 33.8. The molecule has 3 amide bonds. The van der Waals surface area contributed by atoms with Crippen molar-refractivity contribution in [2.45, 2.75) is 104 Å². The number of amides is 3. The van der Waals surface area contributed by atoms with Crippen LogP contribution in [0, 0.1) is 5.92 Å². The van der Waals surface area contributed by atoms with E-state index in [9.17, 15) is 19.5 Å². The Kier molecular flexibility index (Phi) is 15.9. The van der Waals surface area contributed by atoms with Gasteiger partial charge in [0, 0.05) is 49.6 Å². The topological polar surface area (TPSA) is 155 Å². The molecule has 0 radical (unpaired) electrons. The molecule has 0 unspecified atom stereocenters. The summed E-state index contributed by atoms with van der Waals surface area (Å²) in [7, 11) is 3.20. The van der Waals surface area contributed by atoms with Crippen LogP contribution in [0.5, 0.6) is 11.5 Å². The van der Waals surface area contributed by atoms with Crippen molar-refractivity contribution in [2.75, 3.05) is 40.4 Å². The number of rotatable bonds is 17. The Morgan fingerprint density at radius 3 is 2.29 bits per heavy atom. The summed E-state index contributed by atoms with van der Waals surface area (Å²) in [5, 5.41) is 23.6. The summed E-state index contributed by atoms with van der Waals surface area (Å²) < 4.78 is 16.4. The van der Waals surface area contributed by atoms with Crippen LogP contribution in [0.3, 0.4) is 0 Å². The lowest BCUT2D eigenvalue weighted by molar-refractivity contribution is -0.132. The molecule has 2 heterocycles. The van der Waals surface area contributed by atoms with Crippen molar-refractivity contribution in [1.82, 2.24) is 30.7 Å². The van der Waals surface area contributed by atoms with Crippen LogP contribution in [0.15, 0.2) is 53.9 Å². The SMILES string of the molecule is COc1ccc(CN2CCN(C[C@H](O)[C@H](Cc3ccccc3)NC(=O)[C@@H](NC(=O)OCc3csc(C(C)C)n3)C(C)C)[C@H](C(=O)NC(C)(C)C)C2)cc1OC. The van der Waals surface area contributed by atoms with Crippen LogP contribution in [0.4, 0.5) is 4.79 Å². The summed E-state index contributed by atoms with van der Waals surface area (Å²) in [4.78, 5) is 49.4. The normalized spacial score (nSPS) is 17.0. The summed E-state index contributed by atoms with van der Waals surface area (Å²) in [5.74, 6) is 0.695. The Balaban J connectivity index is 1.49. The van der Waals surface area contributed by atoms with Gasteiger partial charge in [0.25, 0.3) is 0 Å². The predicted molar refractivity (Wildman–Crippen MR) is 214 cm³/mol. The minimum atomic E-state index is -1.05. The number of piperazine rings is 1. The van der Waals surface area contributed by atoms with Gasteiger partial charge in [0.15, 0.2) is 11.5 Å². The van der Waals surface area contributed by atoms with Gasteiger partial charge in [-0.3, -0.25) is 19.4 Å². The van der Waals surface area contributed by atoms with E-state index < -0.39 is 41.8 Å². The Morgan fingerprint density at radius 1 is 0.964 bits per heavy atom. The quantitative estimate of drug-likeness (QED) is 0.151. The van der Waals surface area contributed by atoms with Crippen LogP contribution >= 0.6 is 11.3 Å². The fourth-order valence-electron chi connectivity index (χ4n) is 6.47. The van der Waals surface area contributed by atoms with Gasteiger partial charge >= 0.3 is 6.09 Å². The number of nitrogens with zero attached hydrogens (tertiary/aromatic N) is 3. The Labute approximate surface area is 330 Å². The number of hydrogen-bond donors (Lipinski definition) is 4. The number of hydrogen-bond acceptors (Lipinski definition) is 11. The summed E-state index contributed by atoms with van der Waals surface area (Å²) in [6, 6.07) is 13.2. The minimum absolute atomic E-state index is 0.0116. The Hall–Kier alpha value is -4.24. The molecule has 13 nitrogen and oxygen atoms in total. The molecule has 1 aromatic heterocycles. The fourth-order valence-corrected chi connectivity index (χ4v) is 7.29. The number of aliphatic hydroxyl groups is 1. The average Bonchev–Trinajstić information content (AvgIpc) is 3.62. The maximum absolute atomic E-state index is 13.9. The molecule has 1 saturated heterocycles. The van der Waals surface area contributed by atoms with Gasteiger partial charge in [0.2, 0.25) is 11.8 Å². The summed E-state index contributed by atoms with van der Waals surface area (Å²) in [6.45, 7) is 15.9. The number of aliphatic hydroxyl groups excluding tert-OH is 1. The van der Waals surface area contributed by atoms with Crippen molar-refractivity contribution in [1.29, 1.82) is 0 Å². The van der Waals surface area contributed by atoms with E-state index in [-0.39, 0.29) is 30.9 Å². The standard InChI is InChI=1S/C41H60N6O7S/c1-26(2)36(44-40(51)54-24-30-25-55-39(42-30)27(3)4)38(50)43-31(19-28-13-11-10-12-14-28)33(48)23-47-18-17-46(22-32(47)37(49)45-41(5,6)7)21-29-15-16-34(52-8)35(20-29)53-9/h10-16,20,25-27,31-33,36,48H,17-19,21-24H2,1-9H3,(H,43,50)(H,44,51)(H,45,49)/t31-,32-,33-,36-/m0/s1. The maximum Gasteiger partial charge on any atom is 0.408 e. The third-order valence-corrected chi connectivity index (χ3v) is 10.6. The van der Waals surface area contributed by atoms with Gasteiger partial charge in [0.1, 0.15) is 18.7 Å². The van der Waals surface area contributed by atoms with Crippen LogP contribution in [-0.2, 0) is 33.9 Å². The van der Waals surface area contributed by atoms with Gasteiger partial charge in [-0.05, 0) is 56.4 Å². The highest BCUT2D eigenvalue weighted by Crippen LogP contribution is 2.28. The molecule has 0 aliphatic carbocycles. The molecule has 2 aromatic carbocycles. The number of methoxy groups -OCH3 is 2. The molecule has 14 heteroatoms. The van der Waals surface area contributed by atoms with Crippen LogP contribution in [0.1, 0.15) is 76.2 Å². The van der Waals surface area contributed by atoms with E-state index in [0.717, 1.165) is 16.1 Å². The number of alkyl carbamates (subject to hydrolysis) is 1. The third-order valence-electron chi connectivity index (χ3n) is 9.38. The third kappa shape index (κ3) is 13.2. The minimum Gasteiger partial charge on any atom is -0.493 e. The van der Waals surface area contributed by atoms with E-state index in [1.165, 1.54) is 11.3 Å². The van der Waals surface area contributed by atoms with Crippen LogP contribution in [-0.4, -0.2) is 108 Å². The largest absolute Gasteiger partial charge is 0.493 e. The zero-order chi connectivity index (χ0) is 40.3. The lowest BCUT2D eigenvalue weighted by Crippen LogP contribution is -2.63. The monoisotopic (exact) mass is 780 g/mol. The van der Waals surface area contributed by atoms with Crippen molar-refractivity contribution in [3.63, 3.8) is 0 Å². The molecule has 0 bridgehead atoms. The predicted octanol–water partition coefficient (Wildman–Crippen LogP) is 4.72. The second-order valence-corrected chi connectivity index (χ2v) is 16.7. The van der Waals surface area contributed by atoms with Crippen molar-refractivity contribution in [3.05, 3.63) is 75.7 Å². The Bertz CT molecular complexity index is 1700. The van der Waals surface area contributed by atoms with Crippen molar-refractivity contribution in [3.8, 4) is 11.5 Å². The van der Waals surface area contributed by atoms with E-state index >= 15 is 0 Å². The molecular formula is C41H60N6O7S. The van der Waals surface area contributed by atoms with Gasteiger partial charge in [-0.15, -0.1) is 11.3 Å². The van der Waals surface area contributed by atoms with E-state index in [4.69, 9.17) is 14.2 Å². The number of carbonyl (C=O) groups is 3. The van der Waals surface area contributed by atoms with Gasteiger partial charge < -0.3 is 35.3 Å². The molecule has 1 aliphatic heterocycles. The second kappa shape index (κ2) is 20.1. The highest BCUT2D eigenvalue weighted by Gasteiger charge is 2.37. The van der Waals surface area contributed by atoms with Crippen molar-refractivity contribution >= 4 is 29.2 Å². The fraction of sp³-hybridized carbons (Fsp3) is 0.561. The molecule has 302 valence electrons. The smallest absolute Gasteiger partial charge is 0.408 e. The van der Waals surface area contributed by atoms with E-state index in [1.807, 2.05) is 93.4 Å². The molecular weight excluding hydrogens is 721 g/mol. The molecule has 4 rings (SSSR count). The summed E-state index contributed by atoms with van der Waals surface area (Å²) in [6.07, 6.45) is -1.44. The van der Waals surface area contributed by atoms with Gasteiger partial charge in [-0.2, -0.15) is 0 Å². The summed E-state index contributed by atoms with van der Waals surface area (Å²) in [5.41, 5.74) is 2.13. The molecule has 0 spiro atoms. The highest BCUT2D eigenvalue weighted by molar-refractivity contribution is 7.09. The molecule has 0 saturated carbocycles. The molecule has 1 aliphatic rings. The number of aromatic nitrogens is 1. The number of nitrogens with one attached hydrogen (secondary N) is 3. The number of thiazole rings is 1. The number of β-amino-alcohol motifs (C(OH)–C–C–N with tert-alkyl or cyclic N) is 1. The van der Waals surface area contributed by atoms with Crippen LogP contribution < -0.4 is 25.4 Å². The average molecular weight is 781 g/mol. The van der Waals surface area contributed by atoms with Crippen LogP contribution in [0.25, 0.3) is 0 Å². The van der Waals surface area contributed by atoms with Crippen molar-refractivity contribution in [2.24, 2.45) is 5.92 Å². The van der Waals surface area contributed by atoms with E-state index in [2.05, 4.69) is 39.7 Å². The molecule has 4 N–H and O–H groups in total. The van der Waals surface area contributed by atoms with Gasteiger partial charge in [-0.1, -0.05) is 64.1 Å². The zero-order valence-corrected chi connectivity index (χ0v) is 34.6. The lowest BCUT2D eigenvalue weighted by atomic mass is 9.97. The highest BCUT2D eigenvalue weighted by atomic mass is 32.1. The van der Waals surface area contributed by atoms with Crippen molar-refractivity contribution < 1.29 is 33.7 Å². The van der Waals surface area contributed by atoms with Gasteiger partial charge in [-0.25, -0.2) is 9.78 Å². The second-order valence-electron chi connectivity index (χ2n) is 15.8. The Morgan fingerprint density at radius 2 is 1.67 bits per heavy atom. The molecule has 1 fully saturated rings. The lowest BCUT2D eigenvalue weighted by Gasteiger charge is -2.43. The number of benzene rings is 2. The summed E-state index contributed by atoms with van der Waals surface area (Å²) >= 11 is 1.52. The maximum atomic E-state index is 13.9. The molecule has 4 atom stereocenters. The molecule has 55 heavy (non-hydrogen) atoms. The first-order chi connectivity index (χ1) is 26.1. The molecule has 3 aromatic rings. The van der Waals surface area contributed by atoms with E-state index in [0.29, 0.717) is 49.8 Å². The van der Waals surface area contributed by atoms with Crippen LogP contribution in [0.2, 0.25) is 0 Å². The van der Waals surface area contributed by atoms with E-state index in [1.54, 1.807) is 14.2 Å². The first kappa shape index (κ1) is 43.5. The first-order valence-electron chi connectivity index (χ1n) is 19.0. The van der Waals surface area contributed by atoms with Gasteiger partial charge in [0.05, 0.1) is 37.1 Å². The first-order valence-corrected chi connectivity index (χ1v) is 19.8. The number of ether oxygens (including phenoxy) is 3.